The summed E-state index contributed by atoms with van der Waals surface area (Å²) in [5.74, 6) is -1.43. The van der Waals surface area contributed by atoms with E-state index in [1.54, 1.807) is 20.8 Å². The average molecular weight is 453 g/mol. The van der Waals surface area contributed by atoms with Crippen molar-refractivity contribution in [1.82, 2.24) is 5.32 Å². The molecule has 0 saturated heterocycles. The van der Waals surface area contributed by atoms with Crippen LogP contribution in [-0.2, 0) is 14.3 Å². The molecular weight excluding hydrogens is 424 g/mol. The minimum absolute atomic E-state index is 0.0571. The number of hydrogen-bond donors (Lipinski definition) is 2. The summed E-state index contributed by atoms with van der Waals surface area (Å²) < 4.78 is 10.5. The molecule has 1 aliphatic rings. The fourth-order valence-electron chi connectivity index (χ4n) is 3.64. The fraction of sp³-hybridized carbons (Fsp3) is 0.360. The van der Waals surface area contributed by atoms with E-state index in [4.69, 9.17) is 9.47 Å². The van der Waals surface area contributed by atoms with E-state index in [0.29, 0.717) is 0 Å². The van der Waals surface area contributed by atoms with Gasteiger partial charge in [0, 0.05) is 18.6 Å². The Labute approximate surface area is 192 Å². The highest BCUT2D eigenvalue weighted by Gasteiger charge is 2.36. The Morgan fingerprint density at radius 2 is 1.55 bits per heavy atom. The van der Waals surface area contributed by atoms with E-state index in [2.05, 4.69) is 10.3 Å². The van der Waals surface area contributed by atoms with Gasteiger partial charge < -0.3 is 19.9 Å². The lowest BCUT2D eigenvalue weighted by atomic mass is 9.98. The molecule has 0 fully saturated rings. The van der Waals surface area contributed by atoms with Crippen molar-refractivity contribution in [3.63, 3.8) is 0 Å². The molecule has 174 valence electrons. The number of aliphatic imine (C=N–C) groups is 1. The van der Waals surface area contributed by atoms with Gasteiger partial charge in [0.2, 0.25) is 0 Å². The van der Waals surface area contributed by atoms with Gasteiger partial charge in [0.1, 0.15) is 17.7 Å². The van der Waals surface area contributed by atoms with Crippen LogP contribution in [0.5, 0.6) is 0 Å². The minimum Gasteiger partial charge on any atom is -0.480 e. The van der Waals surface area contributed by atoms with Crippen LogP contribution < -0.4 is 5.32 Å². The van der Waals surface area contributed by atoms with Crippen LogP contribution in [0.3, 0.4) is 0 Å². The van der Waals surface area contributed by atoms with Gasteiger partial charge in [0.15, 0.2) is 0 Å². The van der Waals surface area contributed by atoms with Crippen molar-refractivity contribution < 1.29 is 29.0 Å². The summed E-state index contributed by atoms with van der Waals surface area (Å²) in [5.41, 5.74) is 1.86. The van der Waals surface area contributed by atoms with Crippen molar-refractivity contribution in [2.75, 3.05) is 6.61 Å². The molecular formula is C25H28N2O6. The van der Waals surface area contributed by atoms with Crippen molar-refractivity contribution in [2.45, 2.75) is 51.2 Å². The summed E-state index contributed by atoms with van der Waals surface area (Å²) in [6.07, 6.45) is -0.818. The molecule has 2 aromatic carbocycles. The first-order valence-corrected chi connectivity index (χ1v) is 10.6. The second kappa shape index (κ2) is 9.44. The van der Waals surface area contributed by atoms with E-state index in [1.165, 1.54) is 6.92 Å². The third-order valence-electron chi connectivity index (χ3n) is 5.28. The van der Waals surface area contributed by atoms with Gasteiger partial charge in [-0.15, -0.1) is 0 Å². The van der Waals surface area contributed by atoms with E-state index in [0.717, 1.165) is 28.5 Å². The van der Waals surface area contributed by atoms with Crippen LogP contribution in [0.15, 0.2) is 53.5 Å². The summed E-state index contributed by atoms with van der Waals surface area (Å²) in [6, 6.07) is 15.8. The number of carbonyl (C=O) groups is 3. The molecule has 8 nitrogen and oxygen atoms in total. The first kappa shape index (κ1) is 24.0. The van der Waals surface area contributed by atoms with E-state index < -0.39 is 29.3 Å². The lowest BCUT2D eigenvalue weighted by Crippen LogP contribution is -2.52. The predicted octanol–water partition coefficient (Wildman–Crippen LogP) is 4.76. The Morgan fingerprint density at radius 3 is 2.06 bits per heavy atom. The van der Waals surface area contributed by atoms with Gasteiger partial charge in [-0.1, -0.05) is 48.5 Å². The second-order valence-electron chi connectivity index (χ2n) is 9.08. The molecule has 0 heterocycles. The van der Waals surface area contributed by atoms with Crippen LogP contribution in [0.2, 0.25) is 0 Å². The molecule has 1 unspecified atom stereocenters. The monoisotopic (exact) mass is 452 g/mol. The zero-order valence-electron chi connectivity index (χ0n) is 19.1. The maximum absolute atomic E-state index is 12.5. The lowest BCUT2D eigenvalue weighted by molar-refractivity contribution is -0.143. The van der Waals surface area contributed by atoms with Crippen LogP contribution >= 0.6 is 0 Å². The summed E-state index contributed by atoms with van der Waals surface area (Å²) >= 11 is 0. The number of ether oxygens (including phenoxy) is 2. The molecule has 0 radical (unpaired) electrons. The van der Waals surface area contributed by atoms with E-state index in [-0.39, 0.29) is 18.9 Å². The summed E-state index contributed by atoms with van der Waals surface area (Å²) in [6.45, 7) is 6.46. The first-order valence-electron chi connectivity index (χ1n) is 10.6. The number of nitrogens with one attached hydrogen (secondary N) is 1. The number of carboxylic acid groups (broad SMARTS) is 1. The molecule has 0 bridgehead atoms. The molecule has 1 atom stereocenters. The Balaban J connectivity index is 1.64. The number of aliphatic carboxylic acids is 1. The van der Waals surface area contributed by atoms with Crippen molar-refractivity contribution in [3.05, 3.63) is 59.7 Å². The molecule has 2 amide bonds. The van der Waals surface area contributed by atoms with E-state index in [1.807, 2.05) is 48.5 Å². The van der Waals surface area contributed by atoms with Gasteiger partial charge in [-0.05, 0) is 49.9 Å². The molecule has 1 aliphatic carbocycles. The van der Waals surface area contributed by atoms with Crippen LogP contribution in [0, 0.1) is 0 Å². The number of fused-ring (bicyclic) bond motifs is 3. The van der Waals surface area contributed by atoms with Crippen molar-refractivity contribution in [1.29, 1.82) is 0 Å². The number of amides is 2. The molecule has 0 aromatic heterocycles. The van der Waals surface area contributed by atoms with Gasteiger partial charge in [-0.3, -0.25) is 0 Å². The summed E-state index contributed by atoms with van der Waals surface area (Å²) in [5, 5.41) is 12.0. The summed E-state index contributed by atoms with van der Waals surface area (Å²) in [7, 11) is 0. The van der Waals surface area contributed by atoms with Gasteiger partial charge >= 0.3 is 18.2 Å². The average Bonchev–Trinajstić information content (AvgIpc) is 3.04. The molecule has 0 saturated carbocycles. The van der Waals surface area contributed by atoms with Crippen LogP contribution in [0.25, 0.3) is 11.1 Å². The number of nitrogens with zero attached hydrogens (tertiary/aromatic N) is 1. The van der Waals surface area contributed by atoms with E-state index in [9.17, 15) is 19.5 Å². The lowest BCUT2D eigenvalue weighted by Gasteiger charge is -2.25. The smallest absolute Gasteiger partial charge is 0.433 e. The van der Waals surface area contributed by atoms with Crippen LogP contribution in [0.4, 0.5) is 9.59 Å². The highest BCUT2D eigenvalue weighted by Crippen LogP contribution is 2.44. The number of alkyl carbamates (subject to hydrolysis) is 1. The maximum Gasteiger partial charge on any atom is 0.433 e. The van der Waals surface area contributed by atoms with Gasteiger partial charge in [0.25, 0.3) is 0 Å². The van der Waals surface area contributed by atoms with Gasteiger partial charge in [0.05, 0.1) is 0 Å². The van der Waals surface area contributed by atoms with E-state index >= 15 is 0 Å². The Bertz CT molecular complexity index is 1040. The standard InChI is InChI=1S/C25H28N2O6/c1-24(2,3)33-22(30)26-14-13-25(4,21(28)29)27-23(31)32-15-20-18-11-7-5-9-16(18)17-10-6-8-12-19(17)20/h5-12,14,20H,13,15H2,1-4H3,(H,27,31)(H,28,29). The van der Waals surface area contributed by atoms with Gasteiger partial charge in [-0.25, -0.2) is 14.4 Å². The highest BCUT2D eigenvalue weighted by atomic mass is 16.6. The number of hydrogen-bond acceptors (Lipinski definition) is 5. The molecule has 33 heavy (non-hydrogen) atoms. The highest BCUT2D eigenvalue weighted by molar-refractivity contribution is 5.89. The Morgan fingerprint density at radius 1 is 1.00 bits per heavy atom. The number of benzene rings is 2. The van der Waals surface area contributed by atoms with Crippen molar-refractivity contribution in [3.8, 4) is 11.1 Å². The number of carbonyl (C=O) groups excluding carboxylic acids is 2. The van der Waals surface area contributed by atoms with Crippen LogP contribution in [-0.4, -0.2) is 47.2 Å². The van der Waals surface area contributed by atoms with Crippen molar-refractivity contribution in [2.24, 2.45) is 4.99 Å². The molecule has 8 heteroatoms. The third-order valence-corrected chi connectivity index (χ3v) is 5.28. The molecule has 0 aliphatic heterocycles. The Hall–Kier alpha value is -3.68. The molecule has 0 spiro atoms. The summed E-state index contributed by atoms with van der Waals surface area (Å²) in [4.78, 5) is 39.6. The molecule has 2 N–H and O–H groups in total. The maximum atomic E-state index is 12.5. The molecule has 3 rings (SSSR count). The third kappa shape index (κ3) is 5.77. The number of carboxylic acids is 1. The normalized spacial score (nSPS) is 14.8. The number of rotatable bonds is 6. The second-order valence-corrected chi connectivity index (χ2v) is 9.08. The van der Waals surface area contributed by atoms with Crippen LogP contribution in [0.1, 0.15) is 51.2 Å². The zero-order chi connectivity index (χ0) is 24.2. The minimum atomic E-state index is -1.71. The van der Waals surface area contributed by atoms with Gasteiger partial charge in [-0.2, -0.15) is 4.99 Å². The SMILES string of the molecule is CC(C)(C)OC(=O)N=CCC(C)(NC(=O)OCC1c2ccccc2-c2ccccc21)C(=O)O. The largest absolute Gasteiger partial charge is 0.480 e. The quantitative estimate of drug-likeness (QED) is 0.611. The topological polar surface area (TPSA) is 114 Å². The Kier molecular flexibility index (Phi) is 6.86. The predicted molar refractivity (Wildman–Crippen MR) is 124 cm³/mol. The molecule has 2 aromatic rings. The fourth-order valence-corrected chi connectivity index (χ4v) is 3.64. The zero-order valence-corrected chi connectivity index (χ0v) is 19.1. The first-order chi connectivity index (χ1) is 15.5. The van der Waals surface area contributed by atoms with Crippen molar-refractivity contribution >= 4 is 24.4 Å².